The van der Waals surface area contributed by atoms with Crippen molar-refractivity contribution in [3.63, 3.8) is 0 Å². The maximum atomic E-state index is 12.9. The van der Waals surface area contributed by atoms with E-state index in [0.717, 1.165) is 5.56 Å². The molecule has 3 unspecified atom stereocenters. The maximum absolute atomic E-state index is 12.9. The molecule has 3 rings (SSSR count). The van der Waals surface area contributed by atoms with E-state index in [0.29, 0.717) is 12.5 Å². The minimum Gasteiger partial charge on any atom is -0.395 e. The van der Waals surface area contributed by atoms with Crippen LogP contribution in [0.4, 0.5) is 8.78 Å². The summed E-state index contributed by atoms with van der Waals surface area (Å²) in [7, 11) is 0. The van der Waals surface area contributed by atoms with E-state index in [-0.39, 0.29) is 22.4 Å². The van der Waals surface area contributed by atoms with E-state index in [1.54, 1.807) is 12.1 Å². The van der Waals surface area contributed by atoms with Crippen LogP contribution in [0.1, 0.15) is 18.4 Å². The fourth-order valence-electron chi connectivity index (χ4n) is 2.15. The molecule has 2 aliphatic heterocycles. The van der Waals surface area contributed by atoms with Crippen molar-refractivity contribution in [3.8, 4) is 11.5 Å². The Morgan fingerprint density at radius 3 is 2.67 bits per heavy atom. The monoisotopic (exact) mass is 320 g/mol. The smallest absolute Gasteiger partial charge is 0.395 e. The molecule has 0 bridgehead atoms. The van der Waals surface area contributed by atoms with Crippen molar-refractivity contribution < 1.29 is 23.0 Å². The number of benzene rings is 1. The van der Waals surface area contributed by atoms with Gasteiger partial charge in [-0.2, -0.15) is 0 Å². The first-order valence-corrected chi connectivity index (χ1v) is 6.53. The molecule has 3 atom stereocenters. The predicted octanol–water partition coefficient (Wildman–Crippen LogP) is 3.48. The Morgan fingerprint density at radius 1 is 1.33 bits per heavy atom. The first-order valence-electron chi connectivity index (χ1n) is 5.62. The van der Waals surface area contributed by atoms with Gasteiger partial charge in [-0.1, -0.05) is 28.9 Å². The fourth-order valence-corrected chi connectivity index (χ4v) is 2.91. The van der Waals surface area contributed by atoms with Crippen LogP contribution in [0.3, 0.4) is 0 Å². The topological polar surface area (TPSA) is 27.7 Å². The van der Waals surface area contributed by atoms with Crippen molar-refractivity contribution in [1.82, 2.24) is 0 Å². The average Bonchev–Trinajstić information content (AvgIpc) is 2.59. The van der Waals surface area contributed by atoms with E-state index in [2.05, 4.69) is 25.4 Å². The normalized spacial score (nSPS) is 29.8. The Hall–Kier alpha value is -0.880. The third kappa shape index (κ3) is 1.97. The van der Waals surface area contributed by atoms with Gasteiger partial charge in [0.25, 0.3) is 0 Å². The molecule has 0 N–H and O–H groups in total. The van der Waals surface area contributed by atoms with Gasteiger partial charge >= 0.3 is 6.29 Å². The molecule has 2 aliphatic rings. The molecule has 0 aromatic heterocycles. The summed E-state index contributed by atoms with van der Waals surface area (Å²) in [5, 5.41) is 0.0272. The molecule has 0 radical (unpaired) electrons. The highest BCUT2D eigenvalue weighted by molar-refractivity contribution is 9.09. The minimum atomic E-state index is -3.55. The third-order valence-electron chi connectivity index (χ3n) is 3.38. The molecular weight excluding hydrogens is 310 g/mol. The van der Waals surface area contributed by atoms with Crippen LogP contribution in [-0.4, -0.2) is 17.9 Å². The van der Waals surface area contributed by atoms with Crippen molar-refractivity contribution in [2.75, 3.05) is 6.61 Å². The van der Waals surface area contributed by atoms with Gasteiger partial charge in [0.1, 0.15) is 5.01 Å². The second-order valence-electron chi connectivity index (χ2n) is 4.51. The predicted molar refractivity (Wildman–Crippen MR) is 63.2 cm³/mol. The van der Waals surface area contributed by atoms with Gasteiger partial charge < -0.3 is 14.2 Å². The molecule has 0 spiro atoms. The second-order valence-corrected chi connectivity index (χ2v) is 5.41. The van der Waals surface area contributed by atoms with Crippen molar-refractivity contribution in [3.05, 3.63) is 23.8 Å². The van der Waals surface area contributed by atoms with Gasteiger partial charge in [0.2, 0.25) is 0 Å². The lowest BCUT2D eigenvalue weighted by molar-refractivity contribution is -0.286. The van der Waals surface area contributed by atoms with Crippen molar-refractivity contribution in [2.45, 2.75) is 24.1 Å². The van der Waals surface area contributed by atoms with E-state index in [1.807, 2.05) is 6.92 Å². The molecular formula is C12H11BrF2O3. The van der Waals surface area contributed by atoms with E-state index in [1.165, 1.54) is 6.07 Å². The lowest BCUT2D eigenvalue weighted by atomic mass is 9.86. The number of hydrogen-bond donors (Lipinski definition) is 0. The summed E-state index contributed by atoms with van der Waals surface area (Å²) >= 11 is 3.41. The number of halogens is 3. The maximum Gasteiger partial charge on any atom is 0.586 e. The van der Waals surface area contributed by atoms with Gasteiger partial charge in [-0.25, -0.2) is 0 Å². The largest absolute Gasteiger partial charge is 0.586 e. The van der Waals surface area contributed by atoms with Crippen LogP contribution in [-0.2, 0) is 4.74 Å². The summed E-state index contributed by atoms with van der Waals surface area (Å²) in [6.45, 7) is 2.71. The average molecular weight is 321 g/mol. The molecule has 0 aliphatic carbocycles. The summed E-state index contributed by atoms with van der Waals surface area (Å²) in [4.78, 5) is 0. The molecule has 2 heterocycles. The number of hydrogen-bond acceptors (Lipinski definition) is 3. The quantitative estimate of drug-likeness (QED) is 0.781. The first kappa shape index (κ1) is 12.2. The SMILES string of the molecule is CC(c1ccc2c(c1)OC(F)(F)O2)C1COC1Br. The van der Waals surface area contributed by atoms with Crippen LogP contribution >= 0.6 is 15.9 Å². The van der Waals surface area contributed by atoms with Gasteiger partial charge in [0.05, 0.1) is 6.61 Å². The lowest BCUT2D eigenvalue weighted by Gasteiger charge is -2.37. The van der Waals surface area contributed by atoms with Crippen LogP contribution in [0.25, 0.3) is 0 Å². The van der Waals surface area contributed by atoms with E-state index in [4.69, 9.17) is 4.74 Å². The van der Waals surface area contributed by atoms with Crippen LogP contribution < -0.4 is 9.47 Å². The van der Waals surface area contributed by atoms with Gasteiger partial charge in [-0.05, 0) is 23.6 Å². The molecule has 0 amide bonds. The number of ether oxygens (including phenoxy) is 3. The van der Waals surface area contributed by atoms with Crippen LogP contribution in [0.2, 0.25) is 0 Å². The molecule has 3 nitrogen and oxygen atoms in total. The van der Waals surface area contributed by atoms with Crippen molar-refractivity contribution in [2.24, 2.45) is 5.92 Å². The first-order chi connectivity index (χ1) is 8.46. The number of fused-ring (bicyclic) bond motifs is 1. The Balaban J connectivity index is 1.83. The Bertz CT molecular complexity index is 480. The molecule has 1 aromatic rings. The summed E-state index contributed by atoms with van der Waals surface area (Å²) < 4.78 is 39.9. The molecule has 98 valence electrons. The zero-order chi connectivity index (χ0) is 12.9. The fraction of sp³-hybridized carbons (Fsp3) is 0.500. The lowest BCUT2D eigenvalue weighted by Crippen LogP contribution is -2.38. The summed E-state index contributed by atoms with van der Waals surface area (Å²) in [6.07, 6.45) is -3.55. The van der Waals surface area contributed by atoms with E-state index in [9.17, 15) is 8.78 Å². The summed E-state index contributed by atoms with van der Waals surface area (Å²) in [6, 6.07) is 4.91. The molecule has 6 heteroatoms. The van der Waals surface area contributed by atoms with E-state index < -0.39 is 6.29 Å². The zero-order valence-corrected chi connectivity index (χ0v) is 11.1. The molecule has 1 aromatic carbocycles. The molecule has 18 heavy (non-hydrogen) atoms. The highest BCUT2D eigenvalue weighted by Crippen LogP contribution is 2.44. The number of rotatable bonds is 2. The standard InChI is InChI=1S/C12H11BrF2O3/c1-6(8-5-16-11(8)13)7-2-3-9-10(4-7)18-12(14,15)17-9/h2-4,6,8,11H,5H2,1H3. The minimum absolute atomic E-state index is 0.0272. The zero-order valence-electron chi connectivity index (χ0n) is 9.53. The van der Waals surface area contributed by atoms with Crippen molar-refractivity contribution in [1.29, 1.82) is 0 Å². The highest BCUT2D eigenvalue weighted by atomic mass is 79.9. The number of alkyl halides is 3. The van der Waals surface area contributed by atoms with Crippen LogP contribution in [0.15, 0.2) is 18.2 Å². The van der Waals surface area contributed by atoms with Gasteiger partial charge in [0.15, 0.2) is 11.5 Å². The van der Waals surface area contributed by atoms with E-state index >= 15 is 0 Å². The molecule has 0 saturated carbocycles. The van der Waals surface area contributed by atoms with Gasteiger partial charge in [0, 0.05) is 5.92 Å². The van der Waals surface area contributed by atoms with Crippen LogP contribution in [0, 0.1) is 5.92 Å². The summed E-state index contributed by atoms with van der Waals surface area (Å²) in [5.41, 5.74) is 0.938. The van der Waals surface area contributed by atoms with Gasteiger partial charge in [-0.15, -0.1) is 8.78 Å². The Labute approximate surface area is 111 Å². The van der Waals surface area contributed by atoms with Crippen LogP contribution in [0.5, 0.6) is 11.5 Å². The summed E-state index contributed by atoms with van der Waals surface area (Å²) in [5.74, 6) is 0.712. The molecule has 1 saturated heterocycles. The molecule has 1 fully saturated rings. The Kier molecular flexibility index (Phi) is 2.75. The second kappa shape index (κ2) is 4.06. The Morgan fingerprint density at radius 2 is 2.06 bits per heavy atom. The highest BCUT2D eigenvalue weighted by Gasteiger charge is 2.44. The van der Waals surface area contributed by atoms with Gasteiger partial charge in [-0.3, -0.25) is 0 Å². The van der Waals surface area contributed by atoms with Crippen molar-refractivity contribution >= 4 is 15.9 Å². The third-order valence-corrected chi connectivity index (χ3v) is 4.32.